The standard InChI is InChI=1S/C19H23N5O2/c1-22-12-15(18(21-22)26-2)19(25)23-9-7-14(8-10-23)11-24-13-20-16-5-3-4-6-17(16)24/h3-6,12-14H,7-11H2,1-2H3. The lowest BCUT2D eigenvalue weighted by molar-refractivity contribution is 0.0680. The number of aryl methyl sites for hydroxylation is 1. The number of hydrogen-bond donors (Lipinski definition) is 0. The lowest BCUT2D eigenvalue weighted by Crippen LogP contribution is -2.39. The number of amides is 1. The van der Waals surface area contributed by atoms with Crippen molar-refractivity contribution in [2.24, 2.45) is 13.0 Å². The van der Waals surface area contributed by atoms with Crippen molar-refractivity contribution >= 4 is 16.9 Å². The van der Waals surface area contributed by atoms with Crippen LogP contribution in [0.4, 0.5) is 0 Å². The fraction of sp³-hybridized carbons (Fsp3) is 0.421. The van der Waals surface area contributed by atoms with E-state index in [2.05, 4.69) is 20.7 Å². The first-order valence-electron chi connectivity index (χ1n) is 8.92. The normalized spacial score (nSPS) is 15.5. The zero-order valence-corrected chi connectivity index (χ0v) is 15.1. The fourth-order valence-electron chi connectivity index (χ4n) is 3.69. The molecule has 7 nitrogen and oxygen atoms in total. The summed E-state index contributed by atoms with van der Waals surface area (Å²) in [6, 6.07) is 8.20. The van der Waals surface area contributed by atoms with Crippen LogP contribution in [0.2, 0.25) is 0 Å². The molecule has 2 aromatic heterocycles. The van der Waals surface area contributed by atoms with E-state index in [4.69, 9.17) is 4.74 Å². The molecular formula is C19H23N5O2. The maximum absolute atomic E-state index is 12.8. The van der Waals surface area contributed by atoms with E-state index in [-0.39, 0.29) is 5.91 Å². The molecular weight excluding hydrogens is 330 g/mol. The minimum atomic E-state index is 0.00137. The van der Waals surface area contributed by atoms with Crippen molar-refractivity contribution in [2.45, 2.75) is 19.4 Å². The third kappa shape index (κ3) is 3.05. The lowest BCUT2D eigenvalue weighted by atomic mass is 9.96. The molecule has 1 aliphatic rings. The van der Waals surface area contributed by atoms with Crippen molar-refractivity contribution in [1.82, 2.24) is 24.2 Å². The Bertz CT molecular complexity index is 921. The molecule has 1 fully saturated rings. The van der Waals surface area contributed by atoms with Crippen LogP contribution in [0.1, 0.15) is 23.2 Å². The minimum Gasteiger partial charge on any atom is -0.479 e. The van der Waals surface area contributed by atoms with Gasteiger partial charge in [0.05, 0.1) is 24.5 Å². The second kappa shape index (κ2) is 6.82. The van der Waals surface area contributed by atoms with E-state index >= 15 is 0 Å². The number of fused-ring (bicyclic) bond motifs is 1. The fourth-order valence-corrected chi connectivity index (χ4v) is 3.69. The van der Waals surface area contributed by atoms with Gasteiger partial charge in [-0.15, -0.1) is 5.10 Å². The smallest absolute Gasteiger partial charge is 0.260 e. The zero-order chi connectivity index (χ0) is 18.1. The van der Waals surface area contributed by atoms with Gasteiger partial charge in [0, 0.05) is 32.9 Å². The van der Waals surface area contributed by atoms with Crippen LogP contribution < -0.4 is 4.74 Å². The predicted octanol–water partition coefficient (Wildman–Crippen LogP) is 2.33. The summed E-state index contributed by atoms with van der Waals surface area (Å²) in [5, 5.41) is 4.18. The van der Waals surface area contributed by atoms with Gasteiger partial charge >= 0.3 is 0 Å². The molecule has 1 saturated heterocycles. The molecule has 1 amide bonds. The highest BCUT2D eigenvalue weighted by Gasteiger charge is 2.27. The third-order valence-electron chi connectivity index (χ3n) is 5.10. The Morgan fingerprint density at radius 1 is 1.27 bits per heavy atom. The van der Waals surface area contributed by atoms with Crippen LogP contribution in [-0.4, -0.2) is 50.3 Å². The Kier molecular flexibility index (Phi) is 4.36. The molecule has 0 radical (unpaired) electrons. The molecule has 0 atom stereocenters. The van der Waals surface area contributed by atoms with Gasteiger partial charge in [-0.25, -0.2) is 4.98 Å². The molecule has 0 unspecified atom stereocenters. The first-order chi connectivity index (χ1) is 12.7. The van der Waals surface area contributed by atoms with Crippen LogP contribution in [-0.2, 0) is 13.6 Å². The Labute approximate surface area is 152 Å². The average Bonchev–Trinajstić information content (AvgIpc) is 3.25. The molecule has 136 valence electrons. The molecule has 4 rings (SSSR count). The van der Waals surface area contributed by atoms with E-state index in [1.807, 2.05) is 29.4 Å². The van der Waals surface area contributed by atoms with E-state index < -0.39 is 0 Å². The van der Waals surface area contributed by atoms with Gasteiger partial charge in [-0.3, -0.25) is 9.48 Å². The molecule has 0 bridgehead atoms. The molecule has 0 spiro atoms. The maximum atomic E-state index is 12.8. The summed E-state index contributed by atoms with van der Waals surface area (Å²) in [6.45, 7) is 2.46. The largest absolute Gasteiger partial charge is 0.479 e. The van der Waals surface area contributed by atoms with Crippen LogP contribution in [0, 0.1) is 5.92 Å². The van der Waals surface area contributed by atoms with E-state index in [1.165, 1.54) is 5.52 Å². The van der Waals surface area contributed by atoms with Gasteiger partial charge in [0.25, 0.3) is 5.91 Å². The van der Waals surface area contributed by atoms with Crippen LogP contribution in [0.15, 0.2) is 36.8 Å². The Morgan fingerprint density at radius 2 is 2.04 bits per heavy atom. The number of benzene rings is 1. The predicted molar refractivity (Wildman–Crippen MR) is 98.1 cm³/mol. The highest BCUT2D eigenvalue weighted by molar-refractivity contribution is 5.96. The Balaban J connectivity index is 1.40. The quantitative estimate of drug-likeness (QED) is 0.722. The minimum absolute atomic E-state index is 0.00137. The highest BCUT2D eigenvalue weighted by Crippen LogP contribution is 2.24. The number of likely N-dealkylation sites (tertiary alicyclic amines) is 1. The van der Waals surface area contributed by atoms with Gasteiger partial charge in [0.15, 0.2) is 0 Å². The first-order valence-corrected chi connectivity index (χ1v) is 8.92. The summed E-state index contributed by atoms with van der Waals surface area (Å²) < 4.78 is 9.06. The van der Waals surface area contributed by atoms with Crippen molar-refractivity contribution in [3.63, 3.8) is 0 Å². The molecule has 3 aromatic rings. The van der Waals surface area contributed by atoms with E-state index in [0.717, 1.165) is 38.0 Å². The van der Waals surface area contributed by atoms with Crippen LogP contribution in [0.5, 0.6) is 5.88 Å². The van der Waals surface area contributed by atoms with Crippen molar-refractivity contribution in [1.29, 1.82) is 0 Å². The summed E-state index contributed by atoms with van der Waals surface area (Å²) in [5.74, 6) is 0.943. The topological polar surface area (TPSA) is 65.2 Å². The molecule has 7 heteroatoms. The number of rotatable bonds is 4. The van der Waals surface area contributed by atoms with Gasteiger partial charge in [0.2, 0.25) is 5.88 Å². The first kappa shape index (κ1) is 16.6. The maximum Gasteiger partial charge on any atom is 0.260 e. The number of para-hydroxylation sites is 2. The number of aromatic nitrogens is 4. The van der Waals surface area contributed by atoms with Crippen molar-refractivity contribution < 1.29 is 9.53 Å². The molecule has 1 aliphatic heterocycles. The Hall–Kier alpha value is -2.83. The summed E-state index contributed by atoms with van der Waals surface area (Å²) >= 11 is 0. The summed E-state index contributed by atoms with van der Waals surface area (Å²) in [5.41, 5.74) is 2.74. The summed E-state index contributed by atoms with van der Waals surface area (Å²) in [6.07, 6.45) is 5.62. The molecule has 26 heavy (non-hydrogen) atoms. The van der Waals surface area contributed by atoms with Gasteiger partial charge < -0.3 is 14.2 Å². The van der Waals surface area contributed by atoms with Crippen LogP contribution in [0.3, 0.4) is 0 Å². The van der Waals surface area contributed by atoms with Gasteiger partial charge in [-0.2, -0.15) is 0 Å². The molecule has 3 heterocycles. The van der Waals surface area contributed by atoms with Crippen molar-refractivity contribution in [3.05, 3.63) is 42.4 Å². The second-order valence-corrected chi connectivity index (χ2v) is 6.85. The number of carbonyl (C=O) groups is 1. The van der Waals surface area contributed by atoms with E-state index in [9.17, 15) is 4.79 Å². The Morgan fingerprint density at radius 3 is 2.81 bits per heavy atom. The van der Waals surface area contributed by atoms with Crippen molar-refractivity contribution in [3.8, 4) is 5.88 Å². The molecule has 0 aliphatic carbocycles. The zero-order valence-electron chi connectivity index (χ0n) is 15.1. The van der Waals surface area contributed by atoms with Crippen LogP contribution in [0.25, 0.3) is 11.0 Å². The SMILES string of the molecule is COc1nn(C)cc1C(=O)N1CCC(Cn2cnc3ccccc32)CC1. The summed E-state index contributed by atoms with van der Waals surface area (Å²) in [7, 11) is 3.34. The van der Waals surface area contributed by atoms with E-state index in [0.29, 0.717) is 17.4 Å². The highest BCUT2D eigenvalue weighted by atomic mass is 16.5. The number of methoxy groups -OCH3 is 1. The van der Waals surface area contributed by atoms with Crippen LogP contribution >= 0.6 is 0 Å². The summed E-state index contributed by atoms with van der Waals surface area (Å²) in [4.78, 5) is 19.1. The number of nitrogens with zero attached hydrogens (tertiary/aromatic N) is 5. The number of piperidine rings is 1. The van der Waals surface area contributed by atoms with E-state index in [1.54, 1.807) is 25.0 Å². The molecule has 0 N–H and O–H groups in total. The van der Waals surface area contributed by atoms with Gasteiger partial charge in [-0.05, 0) is 30.9 Å². The lowest BCUT2D eigenvalue weighted by Gasteiger charge is -2.32. The monoisotopic (exact) mass is 353 g/mol. The van der Waals surface area contributed by atoms with Crippen molar-refractivity contribution in [2.75, 3.05) is 20.2 Å². The number of carbonyl (C=O) groups excluding carboxylic acids is 1. The molecule has 0 saturated carbocycles. The number of ether oxygens (including phenoxy) is 1. The second-order valence-electron chi connectivity index (χ2n) is 6.85. The average molecular weight is 353 g/mol. The molecule has 1 aromatic carbocycles. The van der Waals surface area contributed by atoms with Gasteiger partial charge in [0.1, 0.15) is 5.56 Å². The van der Waals surface area contributed by atoms with Gasteiger partial charge in [-0.1, -0.05) is 12.1 Å². The third-order valence-corrected chi connectivity index (χ3v) is 5.10. The number of imidazole rings is 1. The number of hydrogen-bond acceptors (Lipinski definition) is 4.